The normalized spacial score (nSPS) is 10.1. The summed E-state index contributed by atoms with van der Waals surface area (Å²) in [4.78, 5) is 35.7. The molecule has 28 heavy (non-hydrogen) atoms. The van der Waals surface area contributed by atoms with Gasteiger partial charge in [-0.05, 0) is 35.7 Å². The number of esters is 1. The van der Waals surface area contributed by atoms with Gasteiger partial charge in [-0.3, -0.25) is 9.59 Å². The van der Waals surface area contributed by atoms with E-state index in [-0.39, 0.29) is 11.1 Å². The third kappa shape index (κ3) is 4.74. The molecule has 0 unspecified atom stereocenters. The Bertz CT molecular complexity index is 1000. The largest absolute Gasteiger partial charge is 0.456 e. The lowest BCUT2D eigenvalue weighted by Gasteiger charge is -2.11. The summed E-state index contributed by atoms with van der Waals surface area (Å²) in [6.07, 6.45) is 0. The molecule has 3 N–H and O–H groups in total. The zero-order valence-corrected chi connectivity index (χ0v) is 15.4. The summed E-state index contributed by atoms with van der Waals surface area (Å²) in [5.41, 5.74) is 5.62. The second-order valence-electron chi connectivity index (χ2n) is 5.56. The second-order valence-corrected chi connectivity index (χ2v) is 6.48. The molecule has 8 heteroatoms. The number of amides is 2. The Balaban J connectivity index is 1.63. The van der Waals surface area contributed by atoms with Crippen molar-refractivity contribution < 1.29 is 23.9 Å². The Hall–Kier alpha value is -3.65. The van der Waals surface area contributed by atoms with Crippen LogP contribution in [0.4, 0.5) is 5.00 Å². The van der Waals surface area contributed by atoms with Gasteiger partial charge in [-0.25, -0.2) is 4.79 Å². The first kappa shape index (κ1) is 19.1. The molecule has 0 radical (unpaired) electrons. The van der Waals surface area contributed by atoms with Gasteiger partial charge in [0.15, 0.2) is 6.61 Å². The summed E-state index contributed by atoms with van der Waals surface area (Å²) in [5, 5.41) is 4.43. The standard InChI is InChI=1S/C20H16N2O5S/c21-18(24)15-10-11-28-19(15)22-17(23)12-26-20(25)14-8-4-5-9-16(14)27-13-6-2-1-3-7-13/h1-11H,12H2,(H2,21,24)(H,22,23). The van der Waals surface area contributed by atoms with Gasteiger partial charge in [-0.1, -0.05) is 30.3 Å². The third-order valence-corrected chi connectivity index (χ3v) is 4.43. The van der Waals surface area contributed by atoms with E-state index >= 15 is 0 Å². The molecule has 0 fully saturated rings. The van der Waals surface area contributed by atoms with Crippen LogP contribution in [-0.2, 0) is 9.53 Å². The monoisotopic (exact) mass is 396 g/mol. The summed E-state index contributed by atoms with van der Waals surface area (Å²) in [5.74, 6) is -1.06. The molecule has 2 aromatic carbocycles. The van der Waals surface area contributed by atoms with Gasteiger partial charge in [0.1, 0.15) is 22.1 Å². The highest BCUT2D eigenvalue weighted by atomic mass is 32.1. The summed E-state index contributed by atoms with van der Waals surface area (Å²) >= 11 is 1.15. The third-order valence-electron chi connectivity index (χ3n) is 3.60. The topological polar surface area (TPSA) is 108 Å². The molecule has 3 rings (SSSR count). The average Bonchev–Trinajstić information content (AvgIpc) is 3.16. The van der Waals surface area contributed by atoms with Crippen molar-refractivity contribution >= 4 is 34.1 Å². The fourth-order valence-corrected chi connectivity index (χ4v) is 3.12. The first-order valence-corrected chi connectivity index (χ1v) is 9.09. The zero-order valence-electron chi connectivity index (χ0n) is 14.6. The predicted molar refractivity (Wildman–Crippen MR) is 105 cm³/mol. The van der Waals surface area contributed by atoms with E-state index in [0.29, 0.717) is 16.5 Å². The van der Waals surface area contributed by atoms with Gasteiger partial charge in [0.05, 0.1) is 5.56 Å². The Morgan fingerprint density at radius 1 is 0.929 bits per heavy atom. The summed E-state index contributed by atoms with van der Waals surface area (Å²) in [6, 6.07) is 17.1. The predicted octanol–water partition coefficient (Wildman–Crippen LogP) is 3.43. The molecule has 7 nitrogen and oxygen atoms in total. The molecule has 3 aromatic rings. The minimum absolute atomic E-state index is 0.188. The van der Waals surface area contributed by atoms with Gasteiger partial charge in [0, 0.05) is 0 Å². The first-order valence-electron chi connectivity index (χ1n) is 8.21. The number of nitrogens with one attached hydrogen (secondary N) is 1. The molecule has 1 aromatic heterocycles. The fourth-order valence-electron chi connectivity index (χ4n) is 2.31. The Kier molecular flexibility index (Phi) is 6.03. The highest BCUT2D eigenvalue weighted by Gasteiger charge is 2.17. The van der Waals surface area contributed by atoms with Crippen molar-refractivity contribution in [2.45, 2.75) is 0 Å². The molecule has 0 spiro atoms. The SMILES string of the molecule is NC(=O)c1ccsc1NC(=O)COC(=O)c1ccccc1Oc1ccccc1. The molecule has 0 atom stereocenters. The molecule has 0 saturated carbocycles. The fraction of sp³-hybridized carbons (Fsp3) is 0.0500. The lowest BCUT2D eigenvalue weighted by Crippen LogP contribution is -2.22. The van der Waals surface area contributed by atoms with Crippen LogP contribution in [0.25, 0.3) is 0 Å². The number of hydrogen-bond acceptors (Lipinski definition) is 6. The van der Waals surface area contributed by atoms with E-state index in [0.717, 1.165) is 11.3 Å². The molecule has 1 heterocycles. The Labute approximate surface area is 164 Å². The smallest absolute Gasteiger partial charge is 0.342 e. The number of nitrogens with two attached hydrogens (primary N) is 1. The van der Waals surface area contributed by atoms with Gasteiger partial charge < -0.3 is 20.5 Å². The number of rotatable bonds is 7. The molecule has 2 amide bonds. The van der Waals surface area contributed by atoms with Gasteiger partial charge in [0.25, 0.3) is 11.8 Å². The zero-order chi connectivity index (χ0) is 19.9. The van der Waals surface area contributed by atoms with E-state index in [4.69, 9.17) is 15.2 Å². The lowest BCUT2D eigenvalue weighted by atomic mass is 10.2. The molecular formula is C20H16N2O5S. The molecular weight excluding hydrogens is 380 g/mol. The molecule has 0 aliphatic heterocycles. The Morgan fingerprint density at radius 2 is 1.64 bits per heavy atom. The minimum Gasteiger partial charge on any atom is -0.456 e. The van der Waals surface area contributed by atoms with Crippen LogP contribution in [0, 0.1) is 0 Å². The van der Waals surface area contributed by atoms with Gasteiger partial charge in [0.2, 0.25) is 0 Å². The number of thiophene rings is 1. The van der Waals surface area contributed by atoms with Crippen LogP contribution in [-0.4, -0.2) is 24.4 Å². The minimum atomic E-state index is -0.706. The van der Waals surface area contributed by atoms with E-state index in [1.165, 1.54) is 6.07 Å². The number of carbonyl (C=O) groups excluding carboxylic acids is 3. The van der Waals surface area contributed by atoms with Crippen LogP contribution in [0.3, 0.4) is 0 Å². The summed E-state index contributed by atoms with van der Waals surface area (Å²) in [7, 11) is 0. The van der Waals surface area contributed by atoms with E-state index in [1.807, 2.05) is 18.2 Å². The number of anilines is 1. The molecule has 0 aliphatic carbocycles. The highest BCUT2D eigenvalue weighted by molar-refractivity contribution is 7.14. The molecule has 0 aliphatic rings. The van der Waals surface area contributed by atoms with E-state index in [9.17, 15) is 14.4 Å². The van der Waals surface area contributed by atoms with Crippen molar-refractivity contribution in [3.63, 3.8) is 0 Å². The van der Waals surface area contributed by atoms with E-state index in [2.05, 4.69) is 5.32 Å². The lowest BCUT2D eigenvalue weighted by molar-refractivity contribution is -0.119. The maximum absolute atomic E-state index is 12.4. The van der Waals surface area contributed by atoms with Crippen molar-refractivity contribution in [3.8, 4) is 11.5 Å². The van der Waals surface area contributed by atoms with Crippen molar-refractivity contribution in [3.05, 3.63) is 77.2 Å². The van der Waals surface area contributed by atoms with Gasteiger partial charge in [-0.2, -0.15) is 0 Å². The number of primary amides is 1. The first-order chi connectivity index (χ1) is 13.5. The average molecular weight is 396 g/mol. The quantitative estimate of drug-likeness (QED) is 0.595. The maximum atomic E-state index is 12.4. The Morgan fingerprint density at radius 3 is 2.39 bits per heavy atom. The van der Waals surface area contributed by atoms with E-state index < -0.39 is 24.4 Å². The van der Waals surface area contributed by atoms with Crippen LogP contribution >= 0.6 is 11.3 Å². The molecule has 142 valence electrons. The van der Waals surface area contributed by atoms with Crippen LogP contribution in [0.2, 0.25) is 0 Å². The van der Waals surface area contributed by atoms with Crippen molar-refractivity contribution in [1.29, 1.82) is 0 Å². The number of ether oxygens (including phenoxy) is 2. The van der Waals surface area contributed by atoms with Gasteiger partial charge in [-0.15, -0.1) is 11.3 Å². The van der Waals surface area contributed by atoms with Crippen LogP contribution in [0.5, 0.6) is 11.5 Å². The highest BCUT2D eigenvalue weighted by Crippen LogP contribution is 2.26. The van der Waals surface area contributed by atoms with Crippen molar-refractivity contribution in [1.82, 2.24) is 0 Å². The molecule has 0 bridgehead atoms. The van der Waals surface area contributed by atoms with Crippen LogP contribution in [0.1, 0.15) is 20.7 Å². The van der Waals surface area contributed by atoms with Gasteiger partial charge >= 0.3 is 5.97 Å². The number of para-hydroxylation sites is 2. The number of benzene rings is 2. The van der Waals surface area contributed by atoms with Crippen LogP contribution < -0.4 is 15.8 Å². The summed E-state index contributed by atoms with van der Waals surface area (Å²) < 4.78 is 10.8. The van der Waals surface area contributed by atoms with Crippen LogP contribution in [0.15, 0.2) is 66.0 Å². The van der Waals surface area contributed by atoms with E-state index in [1.54, 1.807) is 41.8 Å². The molecule has 0 saturated heterocycles. The summed E-state index contributed by atoms with van der Waals surface area (Å²) in [6.45, 7) is -0.519. The van der Waals surface area contributed by atoms with Crippen molar-refractivity contribution in [2.24, 2.45) is 5.73 Å². The second kappa shape index (κ2) is 8.83. The number of carbonyl (C=O) groups is 3. The van der Waals surface area contributed by atoms with Crippen molar-refractivity contribution in [2.75, 3.05) is 11.9 Å². The maximum Gasteiger partial charge on any atom is 0.342 e. The number of hydrogen-bond donors (Lipinski definition) is 2.